The quantitative estimate of drug-likeness (QED) is 0.776. The van der Waals surface area contributed by atoms with Gasteiger partial charge in [-0.3, -0.25) is 0 Å². The van der Waals surface area contributed by atoms with Gasteiger partial charge in [0.15, 0.2) is 0 Å². The second-order valence-corrected chi connectivity index (χ2v) is 3.70. The minimum absolute atomic E-state index is 0.114. The number of phenolic OH excluding ortho intramolecular Hbond substituents is 1. The van der Waals surface area contributed by atoms with E-state index in [-0.39, 0.29) is 11.8 Å². The molecule has 3 heteroatoms. The molecule has 0 heterocycles. The molecule has 1 aromatic rings. The summed E-state index contributed by atoms with van der Waals surface area (Å²) in [4.78, 5) is 0. The number of rotatable bonds is 3. The van der Waals surface area contributed by atoms with Crippen LogP contribution in [0.15, 0.2) is 18.2 Å². The molecule has 0 spiro atoms. The molecule has 3 nitrogen and oxygen atoms in total. The number of benzene rings is 1. The number of hydrogen-bond acceptors (Lipinski definition) is 3. The maximum Gasteiger partial charge on any atom is 0.123 e. The van der Waals surface area contributed by atoms with Crippen molar-refractivity contribution in [2.75, 3.05) is 7.11 Å². The van der Waals surface area contributed by atoms with Crippen LogP contribution in [-0.4, -0.2) is 12.2 Å². The molecule has 14 heavy (non-hydrogen) atoms. The third-order valence-corrected chi connectivity index (χ3v) is 2.29. The van der Waals surface area contributed by atoms with Gasteiger partial charge in [0.25, 0.3) is 0 Å². The van der Waals surface area contributed by atoms with Crippen molar-refractivity contribution in [3.8, 4) is 11.5 Å². The van der Waals surface area contributed by atoms with Crippen molar-refractivity contribution in [3.05, 3.63) is 23.8 Å². The van der Waals surface area contributed by atoms with E-state index in [0.717, 1.165) is 11.3 Å². The zero-order valence-electron chi connectivity index (χ0n) is 8.82. The molecule has 0 radical (unpaired) electrons. The molecule has 0 aliphatic heterocycles. The van der Waals surface area contributed by atoms with Crippen LogP contribution in [0.1, 0.15) is 25.5 Å². The van der Waals surface area contributed by atoms with Crippen LogP contribution in [0, 0.1) is 5.92 Å². The zero-order chi connectivity index (χ0) is 10.7. The van der Waals surface area contributed by atoms with Crippen molar-refractivity contribution in [1.29, 1.82) is 0 Å². The van der Waals surface area contributed by atoms with Crippen molar-refractivity contribution >= 4 is 0 Å². The minimum Gasteiger partial charge on any atom is -0.508 e. The van der Waals surface area contributed by atoms with Gasteiger partial charge >= 0.3 is 0 Å². The topological polar surface area (TPSA) is 55.5 Å². The highest BCUT2D eigenvalue weighted by Gasteiger charge is 2.15. The Bertz CT molecular complexity index is 310. The molecular weight excluding hydrogens is 178 g/mol. The summed E-state index contributed by atoms with van der Waals surface area (Å²) >= 11 is 0. The van der Waals surface area contributed by atoms with Crippen LogP contribution in [0.25, 0.3) is 0 Å². The monoisotopic (exact) mass is 195 g/mol. The molecule has 0 fully saturated rings. The molecule has 0 saturated heterocycles. The van der Waals surface area contributed by atoms with Gasteiger partial charge in [0.05, 0.1) is 7.11 Å². The molecule has 0 aromatic heterocycles. The molecule has 3 N–H and O–H groups in total. The van der Waals surface area contributed by atoms with E-state index in [9.17, 15) is 5.11 Å². The summed E-state index contributed by atoms with van der Waals surface area (Å²) in [6.07, 6.45) is 0. The second-order valence-electron chi connectivity index (χ2n) is 3.70. The molecule has 0 amide bonds. The molecule has 0 aliphatic rings. The van der Waals surface area contributed by atoms with Crippen LogP contribution < -0.4 is 10.5 Å². The fourth-order valence-corrected chi connectivity index (χ4v) is 1.34. The lowest BCUT2D eigenvalue weighted by Gasteiger charge is -2.19. The summed E-state index contributed by atoms with van der Waals surface area (Å²) in [5.74, 6) is 1.26. The zero-order valence-corrected chi connectivity index (χ0v) is 8.82. The van der Waals surface area contributed by atoms with Gasteiger partial charge in [-0.25, -0.2) is 0 Å². The summed E-state index contributed by atoms with van der Waals surface area (Å²) in [6, 6.07) is 4.86. The summed E-state index contributed by atoms with van der Waals surface area (Å²) in [6.45, 7) is 4.07. The first-order valence-corrected chi connectivity index (χ1v) is 4.68. The summed E-state index contributed by atoms with van der Waals surface area (Å²) < 4.78 is 5.18. The molecule has 0 unspecified atom stereocenters. The van der Waals surface area contributed by atoms with Gasteiger partial charge in [-0.05, 0) is 24.1 Å². The third-order valence-electron chi connectivity index (χ3n) is 2.29. The number of phenols is 1. The summed E-state index contributed by atoms with van der Waals surface area (Å²) in [5, 5.41) is 9.35. The molecule has 0 aliphatic carbocycles. The second kappa shape index (κ2) is 4.33. The number of methoxy groups -OCH3 is 1. The molecule has 1 atom stereocenters. The number of nitrogens with two attached hydrogens (primary N) is 1. The van der Waals surface area contributed by atoms with E-state index >= 15 is 0 Å². The first-order valence-electron chi connectivity index (χ1n) is 4.68. The van der Waals surface area contributed by atoms with Gasteiger partial charge in [0.2, 0.25) is 0 Å². The predicted molar refractivity (Wildman–Crippen MR) is 56.4 cm³/mol. The number of hydrogen-bond donors (Lipinski definition) is 2. The van der Waals surface area contributed by atoms with E-state index in [2.05, 4.69) is 0 Å². The van der Waals surface area contributed by atoms with E-state index in [1.807, 2.05) is 13.8 Å². The average molecular weight is 195 g/mol. The Morgan fingerprint density at radius 2 is 2.00 bits per heavy atom. The fourth-order valence-electron chi connectivity index (χ4n) is 1.34. The molecule has 0 saturated carbocycles. The Morgan fingerprint density at radius 1 is 1.36 bits per heavy atom. The van der Waals surface area contributed by atoms with Crippen molar-refractivity contribution < 1.29 is 9.84 Å². The van der Waals surface area contributed by atoms with Crippen molar-refractivity contribution in [3.63, 3.8) is 0 Å². The van der Waals surface area contributed by atoms with E-state index in [0.29, 0.717) is 5.92 Å². The number of ether oxygens (including phenoxy) is 1. The van der Waals surface area contributed by atoms with Crippen LogP contribution in [0.2, 0.25) is 0 Å². The Labute approximate surface area is 84.5 Å². The van der Waals surface area contributed by atoms with Gasteiger partial charge in [-0.1, -0.05) is 13.8 Å². The highest BCUT2D eigenvalue weighted by Crippen LogP contribution is 2.30. The standard InChI is InChI=1S/C11H17NO2/c1-7(2)11(12)9-6-8(13)4-5-10(9)14-3/h4-7,11,13H,12H2,1-3H3/t11-/m0/s1. The van der Waals surface area contributed by atoms with Crippen molar-refractivity contribution in [2.24, 2.45) is 11.7 Å². The van der Waals surface area contributed by atoms with Crippen LogP contribution >= 0.6 is 0 Å². The highest BCUT2D eigenvalue weighted by atomic mass is 16.5. The molecule has 1 aromatic carbocycles. The Morgan fingerprint density at radius 3 is 2.50 bits per heavy atom. The van der Waals surface area contributed by atoms with Gasteiger partial charge in [-0.2, -0.15) is 0 Å². The van der Waals surface area contributed by atoms with Crippen molar-refractivity contribution in [1.82, 2.24) is 0 Å². The van der Waals surface area contributed by atoms with E-state index in [4.69, 9.17) is 10.5 Å². The minimum atomic E-state index is -0.114. The lowest BCUT2D eigenvalue weighted by atomic mass is 9.96. The smallest absolute Gasteiger partial charge is 0.123 e. The van der Waals surface area contributed by atoms with Crippen LogP contribution in [0.3, 0.4) is 0 Å². The van der Waals surface area contributed by atoms with Crippen LogP contribution in [0.5, 0.6) is 11.5 Å². The average Bonchev–Trinajstić information content (AvgIpc) is 2.16. The van der Waals surface area contributed by atoms with Crippen LogP contribution in [-0.2, 0) is 0 Å². The SMILES string of the molecule is COc1ccc(O)cc1[C@@H](N)C(C)C. The first kappa shape index (κ1) is 10.9. The third kappa shape index (κ3) is 2.17. The normalized spacial score (nSPS) is 12.9. The van der Waals surface area contributed by atoms with Crippen molar-refractivity contribution in [2.45, 2.75) is 19.9 Å². The lowest BCUT2D eigenvalue weighted by molar-refractivity contribution is 0.393. The summed E-state index contributed by atoms with van der Waals surface area (Å²) in [7, 11) is 1.60. The van der Waals surface area contributed by atoms with Crippen LogP contribution in [0.4, 0.5) is 0 Å². The maximum atomic E-state index is 9.35. The Balaban J connectivity index is 3.10. The fraction of sp³-hybridized carbons (Fsp3) is 0.455. The van der Waals surface area contributed by atoms with Gasteiger partial charge in [0, 0.05) is 11.6 Å². The Hall–Kier alpha value is -1.22. The predicted octanol–water partition coefficient (Wildman–Crippen LogP) is 2.06. The molecule has 1 rings (SSSR count). The maximum absolute atomic E-state index is 9.35. The first-order chi connectivity index (χ1) is 6.56. The highest BCUT2D eigenvalue weighted by molar-refractivity contribution is 5.41. The molecule has 78 valence electrons. The van der Waals surface area contributed by atoms with Gasteiger partial charge < -0.3 is 15.6 Å². The lowest BCUT2D eigenvalue weighted by Crippen LogP contribution is -2.17. The molecular formula is C11H17NO2. The summed E-state index contributed by atoms with van der Waals surface area (Å²) in [5.41, 5.74) is 6.84. The van der Waals surface area contributed by atoms with E-state index < -0.39 is 0 Å². The van der Waals surface area contributed by atoms with Gasteiger partial charge in [-0.15, -0.1) is 0 Å². The van der Waals surface area contributed by atoms with E-state index in [1.54, 1.807) is 25.3 Å². The number of aromatic hydroxyl groups is 1. The largest absolute Gasteiger partial charge is 0.508 e. The molecule has 0 bridgehead atoms. The van der Waals surface area contributed by atoms with Gasteiger partial charge in [0.1, 0.15) is 11.5 Å². The Kier molecular flexibility index (Phi) is 3.36. The van der Waals surface area contributed by atoms with E-state index in [1.165, 1.54) is 0 Å².